The molecule has 1 atom stereocenters. The first-order chi connectivity index (χ1) is 22.3. The van der Waals surface area contributed by atoms with Crippen molar-refractivity contribution in [2.75, 3.05) is 25.1 Å². The van der Waals surface area contributed by atoms with Crippen LogP contribution in [-0.2, 0) is 26.2 Å². The van der Waals surface area contributed by atoms with Crippen LogP contribution in [0.5, 0.6) is 11.5 Å². The van der Waals surface area contributed by atoms with Gasteiger partial charge < -0.3 is 19.7 Å². The normalized spacial score (nSPS) is 14.1. The number of carbonyl (C=O) groups is 2. The molecule has 0 bridgehead atoms. The van der Waals surface area contributed by atoms with Crippen LogP contribution in [0.25, 0.3) is 0 Å². The number of halogens is 1. The Bertz CT molecular complexity index is 1730. The third-order valence-electron chi connectivity index (χ3n) is 8.26. The molecule has 0 unspecified atom stereocenters. The Labute approximate surface area is 279 Å². The monoisotopic (exact) mass is 686 g/mol. The Kier molecular flexibility index (Phi) is 11.7. The summed E-state index contributed by atoms with van der Waals surface area (Å²) >= 11 is 6.29. The van der Waals surface area contributed by atoms with E-state index in [1.54, 1.807) is 31.2 Å². The summed E-state index contributed by atoms with van der Waals surface area (Å²) < 4.78 is 40.2. The molecule has 1 saturated carbocycles. The molecule has 1 aliphatic carbocycles. The summed E-state index contributed by atoms with van der Waals surface area (Å²) in [5.41, 5.74) is 0.457. The van der Waals surface area contributed by atoms with Gasteiger partial charge in [0.15, 0.2) is 0 Å². The SMILES string of the molecule is COc1cccc(CN(C(=O)CN(c2cc(Cl)ccc2OC)S(=O)(=O)c2ccc(C)c([N+](=O)[O-])c2)[C@H](C)C(=O)NC2CCCCC2)c1. The molecule has 0 radical (unpaired) electrons. The van der Waals surface area contributed by atoms with E-state index in [0.717, 1.165) is 42.5 Å². The van der Waals surface area contributed by atoms with Crippen LogP contribution in [0.4, 0.5) is 11.4 Å². The number of methoxy groups -OCH3 is 2. The molecular formula is C33H39ClN4O8S. The second kappa shape index (κ2) is 15.5. The summed E-state index contributed by atoms with van der Waals surface area (Å²) in [5, 5.41) is 14.9. The minimum absolute atomic E-state index is 0.0163. The predicted octanol–water partition coefficient (Wildman–Crippen LogP) is 5.64. The zero-order valence-corrected chi connectivity index (χ0v) is 28.3. The first kappa shape index (κ1) is 35.5. The second-order valence-electron chi connectivity index (χ2n) is 11.4. The number of nitro benzene ring substituents is 1. The quantitative estimate of drug-likeness (QED) is 0.180. The van der Waals surface area contributed by atoms with E-state index in [0.29, 0.717) is 11.3 Å². The summed E-state index contributed by atoms with van der Waals surface area (Å²) in [7, 11) is -1.79. The van der Waals surface area contributed by atoms with Gasteiger partial charge in [0.2, 0.25) is 11.8 Å². The Balaban J connectivity index is 1.78. The molecule has 4 rings (SSSR count). The summed E-state index contributed by atoms with van der Waals surface area (Å²) in [6.45, 7) is 2.28. The summed E-state index contributed by atoms with van der Waals surface area (Å²) in [6.07, 6.45) is 4.77. The lowest BCUT2D eigenvalue weighted by Gasteiger charge is -2.33. The average Bonchev–Trinajstić information content (AvgIpc) is 3.06. The first-order valence-corrected chi connectivity index (χ1v) is 17.0. The van der Waals surface area contributed by atoms with Crippen LogP contribution in [0.2, 0.25) is 5.02 Å². The zero-order chi connectivity index (χ0) is 34.3. The van der Waals surface area contributed by atoms with E-state index in [2.05, 4.69) is 5.32 Å². The summed E-state index contributed by atoms with van der Waals surface area (Å²) in [5.74, 6) is -0.429. The summed E-state index contributed by atoms with van der Waals surface area (Å²) in [4.78, 5) is 39.8. The van der Waals surface area contributed by atoms with E-state index in [4.69, 9.17) is 21.1 Å². The van der Waals surface area contributed by atoms with Crippen molar-refractivity contribution < 1.29 is 32.4 Å². The third-order valence-corrected chi connectivity index (χ3v) is 10.3. The number of amides is 2. The van der Waals surface area contributed by atoms with Crippen LogP contribution in [0.15, 0.2) is 65.6 Å². The lowest BCUT2D eigenvalue weighted by Crippen LogP contribution is -2.53. The molecule has 2 amide bonds. The number of nitrogens with one attached hydrogen (secondary N) is 1. The van der Waals surface area contributed by atoms with Gasteiger partial charge in [-0.15, -0.1) is 0 Å². The maximum Gasteiger partial charge on any atom is 0.273 e. The van der Waals surface area contributed by atoms with Gasteiger partial charge in [-0.3, -0.25) is 24.0 Å². The lowest BCUT2D eigenvalue weighted by molar-refractivity contribution is -0.385. The van der Waals surface area contributed by atoms with Gasteiger partial charge in [-0.2, -0.15) is 0 Å². The molecule has 1 fully saturated rings. The van der Waals surface area contributed by atoms with Gasteiger partial charge in [0.25, 0.3) is 15.7 Å². The fraction of sp³-hybridized carbons (Fsp3) is 0.394. The van der Waals surface area contributed by atoms with E-state index in [-0.39, 0.29) is 40.5 Å². The molecule has 0 heterocycles. The first-order valence-electron chi connectivity index (χ1n) is 15.2. The summed E-state index contributed by atoms with van der Waals surface area (Å²) in [6, 6.07) is 13.8. The smallest absolute Gasteiger partial charge is 0.273 e. The number of rotatable bonds is 13. The van der Waals surface area contributed by atoms with Crippen LogP contribution in [-0.4, -0.2) is 62.9 Å². The van der Waals surface area contributed by atoms with E-state index in [9.17, 15) is 28.1 Å². The average molecular weight is 687 g/mol. The van der Waals surface area contributed by atoms with Crippen molar-refractivity contribution >= 4 is 44.8 Å². The molecule has 47 heavy (non-hydrogen) atoms. The fourth-order valence-electron chi connectivity index (χ4n) is 5.56. The highest BCUT2D eigenvalue weighted by atomic mass is 35.5. The van der Waals surface area contributed by atoms with Crippen LogP contribution < -0.4 is 19.1 Å². The lowest BCUT2D eigenvalue weighted by atomic mass is 9.95. The maximum atomic E-state index is 14.3. The highest BCUT2D eigenvalue weighted by Gasteiger charge is 2.35. The molecule has 3 aromatic rings. The maximum absolute atomic E-state index is 14.3. The number of sulfonamides is 1. The van der Waals surface area contributed by atoms with Gasteiger partial charge in [-0.1, -0.05) is 49.1 Å². The number of ether oxygens (including phenoxy) is 2. The van der Waals surface area contributed by atoms with Crippen molar-refractivity contribution in [1.82, 2.24) is 10.2 Å². The number of nitrogens with zero attached hydrogens (tertiary/aromatic N) is 3. The number of aryl methyl sites for hydroxylation is 1. The molecular weight excluding hydrogens is 648 g/mol. The topological polar surface area (TPSA) is 148 Å². The molecule has 3 aromatic carbocycles. The standard InChI is InChI=1S/C33H39ClN4O8S/c1-22-13-15-28(19-29(22)38(41)42)47(43,44)37(30-18-25(34)14-16-31(30)46-4)21-32(39)36(20-24-9-8-12-27(17-24)45-3)23(2)33(40)35-26-10-6-5-7-11-26/h8-9,12-19,23,26H,5-7,10-11,20-21H2,1-4H3,(H,35,40)/t23-/m1/s1. The molecule has 1 N–H and O–H groups in total. The largest absolute Gasteiger partial charge is 0.497 e. The van der Waals surface area contributed by atoms with Gasteiger partial charge in [0.1, 0.15) is 24.1 Å². The zero-order valence-electron chi connectivity index (χ0n) is 26.8. The van der Waals surface area contributed by atoms with Crippen molar-refractivity contribution in [2.24, 2.45) is 0 Å². The van der Waals surface area contributed by atoms with Gasteiger partial charge >= 0.3 is 0 Å². The molecule has 0 spiro atoms. The van der Waals surface area contributed by atoms with Gasteiger partial charge in [-0.25, -0.2) is 8.42 Å². The molecule has 0 saturated heterocycles. The molecule has 14 heteroatoms. The van der Waals surface area contributed by atoms with Crippen LogP contribution in [0, 0.1) is 17.0 Å². The number of anilines is 1. The van der Waals surface area contributed by atoms with Crippen molar-refractivity contribution in [2.45, 2.75) is 69.5 Å². The van der Waals surface area contributed by atoms with Crippen LogP contribution >= 0.6 is 11.6 Å². The van der Waals surface area contributed by atoms with Crippen molar-refractivity contribution in [3.63, 3.8) is 0 Å². The predicted molar refractivity (Wildman–Crippen MR) is 178 cm³/mol. The van der Waals surface area contributed by atoms with Gasteiger partial charge in [-0.05, 0) is 68.7 Å². The van der Waals surface area contributed by atoms with Crippen molar-refractivity contribution in [3.8, 4) is 11.5 Å². The van der Waals surface area contributed by atoms with Crippen molar-refractivity contribution in [1.29, 1.82) is 0 Å². The van der Waals surface area contributed by atoms with Crippen molar-refractivity contribution in [3.05, 3.63) is 86.9 Å². The van der Waals surface area contributed by atoms with E-state index < -0.39 is 44.0 Å². The number of nitro groups is 1. The molecule has 252 valence electrons. The molecule has 12 nitrogen and oxygen atoms in total. The number of benzene rings is 3. The Hall–Kier alpha value is -4.36. The van der Waals surface area contributed by atoms with Gasteiger partial charge in [0, 0.05) is 29.2 Å². The number of hydrogen-bond acceptors (Lipinski definition) is 8. The molecule has 0 aliphatic heterocycles. The number of hydrogen-bond donors (Lipinski definition) is 1. The van der Waals surface area contributed by atoms with Crippen LogP contribution in [0.1, 0.15) is 50.2 Å². The second-order valence-corrected chi connectivity index (χ2v) is 13.7. The van der Waals surface area contributed by atoms with E-state index in [1.165, 1.54) is 56.4 Å². The Morgan fingerprint density at radius 3 is 2.43 bits per heavy atom. The minimum atomic E-state index is -4.63. The van der Waals surface area contributed by atoms with Crippen LogP contribution in [0.3, 0.4) is 0 Å². The highest BCUT2D eigenvalue weighted by Crippen LogP contribution is 2.36. The Morgan fingerprint density at radius 2 is 1.77 bits per heavy atom. The third kappa shape index (κ3) is 8.52. The minimum Gasteiger partial charge on any atom is -0.497 e. The van der Waals surface area contributed by atoms with E-state index >= 15 is 0 Å². The fourth-order valence-corrected chi connectivity index (χ4v) is 7.17. The molecule has 0 aromatic heterocycles. The highest BCUT2D eigenvalue weighted by molar-refractivity contribution is 7.92. The number of carbonyl (C=O) groups excluding carboxylic acids is 2. The van der Waals surface area contributed by atoms with E-state index in [1.807, 2.05) is 0 Å². The van der Waals surface area contributed by atoms with Gasteiger partial charge in [0.05, 0.1) is 29.7 Å². The molecule has 1 aliphatic rings. The Morgan fingerprint density at radius 1 is 1.04 bits per heavy atom.